The summed E-state index contributed by atoms with van der Waals surface area (Å²) in [7, 11) is -3.38. The van der Waals surface area contributed by atoms with Crippen molar-refractivity contribution in [1.29, 1.82) is 0 Å². The Morgan fingerprint density at radius 2 is 1.90 bits per heavy atom. The van der Waals surface area contributed by atoms with Gasteiger partial charge in [-0.15, -0.1) is 0 Å². The zero-order chi connectivity index (χ0) is 14.8. The second-order valence-corrected chi connectivity index (χ2v) is 7.37. The Hall–Kier alpha value is -1.56. The molecule has 1 aromatic carbocycles. The Bertz CT molecular complexity index is 603. The van der Waals surface area contributed by atoms with Gasteiger partial charge in [0.05, 0.1) is 16.3 Å². The van der Waals surface area contributed by atoms with Crippen LogP contribution in [-0.4, -0.2) is 30.8 Å². The van der Waals surface area contributed by atoms with Gasteiger partial charge in [-0.2, -0.15) is 0 Å². The molecule has 0 atom stereocenters. The third-order valence-corrected chi connectivity index (χ3v) is 5.63. The Labute approximate surface area is 118 Å². The van der Waals surface area contributed by atoms with Crippen LogP contribution in [0.4, 0.5) is 5.69 Å². The lowest BCUT2D eigenvalue weighted by molar-refractivity contribution is -0.142. The molecule has 2 rings (SSSR count). The van der Waals surface area contributed by atoms with Crippen molar-refractivity contribution >= 4 is 21.5 Å². The van der Waals surface area contributed by atoms with E-state index in [9.17, 15) is 18.3 Å². The highest BCUT2D eigenvalue weighted by Gasteiger charge is 2.42. The molecular formula is C14H19NO4S. The van der Waals surface area contributed by atoms with Crippen LogP contribution in [0, 0.1) is 0 Å². The SMILES string of the molecule is CCS(=O)(=O)c1ccccc1NC1(C(=O)O)CCCC1. The number of hydrogen-bond donors (Lipinski definition) is 2. The average molecular weight is 297 g/mol. The largest absolute Gasteiger partial charge is 0.480 e. The third-order valence-electron chi connectivity index (χ3n) is 3.84. The lowest BCUT2D eigenvalue weighted by Gasteiger charge is -2.27. The van der Waals surface area contributed by atoms with Gasteiger partial charge in [-0.25, -0.2) is 13.2 Å². The van der Waals surface area contributed by atoms with Crippen LogP contribution < -0.4 is 5.32 Å². The van der Waals surface area contributed by atoms with Gasteiger partial charge in [0, 0.05) is 0 Å². The molecule has 0 radical (unpaired) electrons. The Morgan fingerprint density at radius 3 is 2.45 bits per heavy atom. The van der Waals surface area contributed by atoms with Gasteiger partial charge in [-0.1, -0.05) is 31.9 Å². The van der Waals surface area contributed by atoms with Crippen molar-refractivity contribution in [1.82, 2.24) is 0 Å². The first-order valence-corrected chi connectivity index (χ1v) is 8.40. The molecule has 0 aromatic heterocycles. The van der Waals surface area contributed by atoms with E-state index in [1.165, 1.54) is 6.07 Å². The number of sulfone groups is 1. The molecule has 5 nitrogen and oxygen atoms in total. The maximum atomic E-state index is 12.1. The summed E-state index contributed by atoms with van der Waals surface area (Å²) in [5.74, 6) is -0.926. The van der Waals surface area contributed by atoms with E-state index in [2.05, 4.69) is 5.32 Å². The lowest BCUT2D eigenvalue weighted by Crippen LogP contribution is -2.44. The predicted octanol–water partition coefficient (Wildman–Crippen LogP) is 2.29. The Kier molecular flexibility index (Phi) is 4.04. The summed E-state index contributed by atoms with van der Waals surface area (Å²) in [5.41, 5.74) is -0.655. The maximum absolute atomic E-state index is 12.1. The van der Waals surface area contributed by atoms with Crippen molar-refractivity contribution in [3.05, 3.63) is 24.3 Å². The van der Waals surface area contributed by atoms with Crippen LogP contribution in [-0.2, 0) is 14.6 Å². The molecule has 2 N–H and O–H groups in total. The van der Waals surface area contributed by atoms with Gasteiger partial charge in [-0.05, 0) is 25.0 Å². The van der Waals surface area contributed by atoms with Crippen LogP contribution in [0.3, 0.4) is 0 Å². The van der Waals surface area contributed by atoms with Gasteiger partial charge in [0.1, 0.15) is 5.54 Å². The van der Waals surface area contributed by atoms with Gasteiger partial charge in [0.25, 0.3) is 0 Å². The first kappa shape index (κ1) is 14.8. The van der Waals surface area contributed by atoms with Crippen molar-refractivity contribution in [3.8, 4) is 0 Å². The van der Waals surface area contributed by atoms with Gasteiger partial charge in [0.15, 0.2) is 9.84 Å². The molecule has 1 aromatic rings. The van der Waals surface area contributed by atoms with Crippen LogP contribution in [0.2, 0.25) is 0 Å². The fourth-order valence-corrected chi connectivity index (χ4v) is 3.68. The first-order valence-electron chi connectivity index (χ1n) is 6.75. The second kappa shape index (κ2) is 5.44. The monoisotopic (exact) mass is 297 g/mol. The summed E-state index contributed by atoms with van der Waals surface area (Å²) in [5, 5.41) is 12.4. The summed E-state index contributed by atoms with van der Waals surface area (Å²) in [6.45, 7) is 1.58. The molecule has 1 saturated carbocycles. The first-order chi connectivity index (χ1) is 9.41. The smallest absolute Gasteiger partial charge is 0.329 e. The molecule has 0 amide bonds. The molecule has 0 aliphatic heterocycles. The number of para-hydroxylation sites is 1. The minimum Gasteiger partial charge on any atom is -0.480 e. The highest BCUT2D eigenvalue weighted by atomic mass is 32.2. The number of carbonyl (C=O) groups is 1. The number of carboxylic acid groups (broad SMARTS) is 1. The third kappa shape index (κ3) is 2.65. The van der Waals surface area contributed by atoms with E-state index < -0.39 is 21.3 Å². The lowest BCUT2D eigenvalue weighted by atomic mass is 9.97. The fourth-order valence-electron chi connectivity index (χ4n) is 2.63. The van der Waals surface area contributed by atoms with Gasteiger partial charge >= 0.3 is 5.97 Å². The molecule has 1 aliphatic carbocycles. The van der Waals surface area contributed by atoms with Crippen LogP contribution in [0.1, 0.15) is 32.6 Å². The number of rotatable bonds is 5. The molecule has 1 fully saturated rings. The van der Waals surface area contributed by atoms with Crippen molar-refractivity contribution in [3.63, 3.8) is 0 Å². The molecule has 0 unspecified atom stereocenters. The molecular weight excluding hydrogens is 278 g/mol. The second-order valence-electron chi connectivity index (χ2n) is 5.12. The topological polar surface area (TPSA) is 83.5 Å². The van der Waals surface area contributed by atoms with Crippen molar-refractivity contribution in [2.45, 2.75) is 43.0 Å². The number of nitrogens with one attached hydrogen (secondary N) is 1. The van der Waals surface area contributed by atoms with Crippen LogP contribution >= 0.6 is 0 Å². The molecule has 0 spiro atoms. The van der Waals surface area contributed by atoms with E-state index in [4.69, 9.17) is 0 Å². The molecule has 110 valence electrons. The minimum absolute atomic E-state index is 0.00817. The standard InChI is InChI=1S/C14H19NO4S/c1-2-20(18,19)12-8-4-3-7-11(12)15-14(13(16)17)9-5-6-10-14/h3-4,7-8,15H,2,5-6,9-10H2,1H3,(H,16,17). The van der Waals surface area contributed by atoms with Crippen molar-refractivity contribution in [2.24, 2.45) is 0 Å². The van der Waals surface area contributed by atoms with Crippen molar-refractivity contribution < 1.29 is 18.3 Å². The molecule has 1 aliphatic rings. The number of aliphatic carboxylic acids is 1. The minimum atomic E-state index is -3.38. The number of anilines is 1. The quantitative estimate of drug-likeness (QED) is 0.871. The fraction of sp³-hybridized carbons (Fsp3) is 0.500. The summed E-state index contributed by atoms with van der Waals surface area (Å²) in [6, 6.07) is 6.51. The highest BCUT2D eigenvalue weighted by molar-refractivity contribution is 7.91. The summed E-state index contributed by atoms with van der Waals surface area (Å²) in [4.78, 5) is 11.7. The van der Waals surface area contributed by atoms with Gasteiger partial charge in [-0.3, -0.25) is 0 Å². The zero-order valence-electron chi connectivity index (χ0n) is 11.4. The molecule has 6 heteroatoms. The van der Waals surface area contributed by atoms with E-state index in [1.54, 1.807) is 25.1 Å². The summed E-state index contributed by atoms with van der Waals surface area (Å²) >= 11 is 0. The maximum Gasteiger partial charge on any atom is 0.329 e. The highest BCUT2D eigenvalue weighted by Crippen LogP contribution is 2.35. The van der Waals surface area contributed by atoms with E-state index in [1.807, 2.05) is 0 Å². The molecule has 0 saturated heterocycles. The van der Waals surface area contributed by atoms with Crippen molar-refractivity contribution in [2.75, 3.05) is 11.1 Å². The normalized spacial score (nSPS) is 17.9. The summed E-state index contributed by atoms with van der Waals surface area (Å²) < 4.78 is 24.2. The van der Waals surface area contributed by atoms with E-state index in [-0.39, 0.29) is 10.6 Å². The number of benzene rings is 1. The zero-order valence-corrected chi connectivity index (χ0v) is 12.2. The van der Waals surface area contributed by atoms with E-state index in [0.29, 0.717) is 18.5 Å². The van der Waals surface area contributed by atoms with Gasteiger partial charge in [0.2, 0.25) is 0 Å². The number of carboxylic acids is 1. The Balaban J connectivity index is 2.42. The van der Waals surface area contributed by atoms with Crippen LogP contribution in [0.5, 0.6) is 0 Å². The predicted molar refractivity (Wildman–Crippen MR) is 76.6 cm³/mol. The molecule has 0 heterocycles. The molecule has 20 heavy (non-hydrogen) atoms. The van der Waals surface area contributed by atoms with E-state index in [0.717, 1.165) is 12.8 Å². The van der Waals surface area contributed by atoms with Gasteiger partial charge < -0.3 is 10.4 Å². The average Bonchev–Trinajstić information content (AvgIpc) is 2.89. The molecule has 0 bridgehead atoms. The van der Waals surface area contributed by atoms with E-state index >= 15 is 0 Å². The summed E-state index contributed by atoms with van der Waals surface area (Å²) in [6.07, 6.45) is 2.70. The Morgan fingerprint density at radius 1 is 1.30 bits per heavy atom. The number of hydrogen-bond acceptors (Lipinski definition) is 4. The van der Waals surface area contributed by atoms with Crippen LogP contribution in [0.15, 0.2) is 29.2 Å². The van der Waals surface area contributed by atoms with Crippen LogP contribution in [0.25, 0.3) is 0 Å².